The fourth-order valence-corrected chi connectivity index (χ4v) is 1.42. The van der Waals surface area contributed by atoms with Crippen molar-refractivity contribution in [3.63, 3.8) is 0 Å². The molecular weight excluding hydrogens is 186 g/mol. The van der Waals surface area contributed by atoms with Crippen LogP contribution in [0.3, 0.4) is 0 Å². The van der Waals surface area contributed by atoms with E-state index in [-0.39, 0.29) is 0 Å². The second-order valence-corrected chi connectivity index (χ2v) is 3.10. The van der Waals surface area contributed by atoms with E-state index in [0.29, 0.717) is 5.02 Å². The molecule has 0 radical (unpaired) electrons. The van der Waals surface area contributed by atoms with Crippen LogP contribution in [0.15, 0.2) is 30.5 Å². The molecule has 1 aromatic heterocycles. The summed E-state index contributed by atoms with van der Waals surface area (Å²) < 4.78 is 0. The first-order valence-corrected chi connectivity index (χ1v) is 4.20. The van der Waals surface area contributed by atoms with Crippen LogP contribution < -0.4 is 11.3 Å². The second-order valence-electron chi connectivity index (χ2n) is 2.66. The van der Waals surface area contributed by atoms with Gasteiger partial charge >= 0.3 is 0 Å². The summed E-state index contributed by atoms with van der Waals surface area (Å²) in [6.45, 7) is 0. The molecule has 0 bridgehead atoms. The topological polar surface area (TPSA) is 50.9 Å². The fourth-order valence-electron chi connectivity index (χ4n) is 1.24. The summed E-state index contributed by atoms with van der Waals surface area (Å²) in [5, 5.41) is 1.61. The molecule has 3 nitrogen and oxygen atoms in total. The van der Waals surface area contributed by atoms with Crippen LogP contribution in [0.1, 0.15) is 0 Å². The van der Waals surface area contributed by atoms with Gasteiger partial charge in [-0.25, -0.2) is 0 Å². The third-order valence-corrected chi connectivity index (χ3v) is 2.09. The molecule has 3 N–H and O–H groups in total. The lowest BCUT2D eigenvalue weighted by Crippen LogP contribution is -2.07. The maximum Gasteiger partial charge on any atom is 0.0724 e. The highest BCUT2D eigenvalue weighted by molar-refractivity contribution is 6.31. The summed E-state index contributed by atoms with van der Waals surface area (Å²) in [4.78, 5) is 4.18. The van der Waals surface area contributed by atoms with Gasteiger partial charge in [-0.2, -0.15) is 0 Å². The van der Waals surface area contributed by atoms with Crippen molar-refractivity contribution >= 4 is 28.2 Å². The Bertz CT molecular complexity index is 442. The number of anilines is 1. The van der Waals surface area contributed by atoms with Crippen molar-refractivity contribution in [2.45, 2.75) is 0 Å². The minimum atomic E-state index is 0.678. The molecular formula is C9H8ClN3. The van der Waals surface area contributed by atoms with E-state index in [0.717, 1.165) is 16.6 Å². The summed E-state index contributed by atoms with van der Waals surface area (Å²) in [7, 11) is 0. The Morgan fingerprint density at radius 1 is 1.31 bits per heavy atom. The van der Waals surface area contributed by atoms with E-state index in [1.165, 1.54) is 0 Å². The molecule has 66 valence electrons. The number of hydrogen-bond acceptors (Lipinski definition) is 3. The molecule has 0 spiro atoms. The molecule has 13 heavy (non-hydrogen) atoms. The lowest BCUT2D eigenvalue weighted by atomic mass is 10.2. The predicted molar refractivity (Wildman–Crippen MR) is 54.6 cm³/mol. The zero-order valence-corrected chi connectivity index (χ0v) is 7.55. The van der Waals surface area contributed by atoms with Crippen molar-refractivity contribution < 1.29 is 0 Å². The molecule has 0 fully saturated rings. The van der Waals surface area contributed by atoms with Crippen LogP contribution in [0, 0.1) is 0 Å². The molecule has 4 heteroatoms. The van der Waals surface area contributed by atoms with E-state index < -0.39 is 0 Å². The lowest BCUT2D eigenvalue weighted by Gasteiger charge is -2.04. The fraction of sp³-hybridized carbons (Fsp3) is 0. The van der Waals surface area contributed by atoms with E-state index in [4.69, 9.17) is 17.4 Å². The Morgan fingerprint density at radius 3 is 2.92 bits per heavy atom. The standard InChI is InChI=1S/C9H8ClN3/c10-6-1-2-8-7(5-6)9(13-11)3-4-12-8/h1-5H,11H2,(H,12,13). The highest BCUT2D eigenvalue weighted by Crippen LogP contribution is 2.23. The number of nitrogens with zero attached hydrogens (tertiary/aromatic N) is 1. The number of nitrogens with one attached hydrogen (secondary N) is 1. The molecule has 0 aliphatic heterocycles. The molecule has 0 atom stereocenters. The van der Waals surface area contributed by atoms with Gasteiger partial charge in [0.05, 0.1) is 11.2 Å². The van der Waals surface area contributed by atoms with Crippen LogP contribution in [0.5, 0.6) is 0 Å². The highest BCUT2D eigenvalue weighted by atomic mass is 35.5. The number of nitrogens with two attached hydrogens (primary N) is 1. The molecule has 1 aromatic carbocycles. The van der Waals surface area contributed by atoms with E-state index in [9.17, 15) is 0 Å². The number of hydrazine groups is 1. The number of halogens is 1. The smallest absolute Gasteiger partial charge is 0.0724 e. The van der Waals surface area contributed by atoms with Gasteiger partial charge in [-0.05, 0) is 24.3 Å². The van der Waals surface area contributed by atoms with Gasteiger partial charge in [0.2, 0.25) is 0 Å². The highest BCUT2D eigenvalue weighted by Gasteiger charge is 2.00. The van der Waals surface area contributed by atoms with E-state index >= 15 is 0 Å². The van der Waals surface area contributed by atoms with E-state index in [2.05, 4.69) is 10.4 Å². The molecule has 0 aliphatic carbocycles. The van der Waals surface area contributed by atoms with Gasteiger partial charge in [0.1, 0.15) is 0 Å². The van der Waals surface area contributed by atoms with E-state index in [1.54, 1.807) is 18.3 Å². The SMILES string of the molecule is NNc1ccnc2ccc(Cl)cc12. The summed E-state index contributed by atoms with van der Waals surface area (Å²) in [5.74, 6) is 5.35. The predicted octanol–water partition coefficient (Wildman–Crippen LogP) is 2.17. The van der Waals surface area contributed by atoms with E-state index in [1.807, 2.05) is 12.1 Å². The number of hydrogen-bond donors (Lipinski definition) is 2. The van der Waals surface area contributed by atoms with Gasteiger partial charge in [-0.3, -0.25) is 10.8 Å². The van der Waals surface area contributed by atoms with Gasteiger partial charge < -0.3 is 5.43 Å². The van der Waals surface area contributed by atoms with Crippen LogP contribution in [0.2, 0.25) is 5.02 Å². The van der Waals surface area contributed by atoms with Gasteiger partial charge in [0.15, 0.2) is 0 Å². The lowest BCUT2D eigenvalue weighted by molar-refractivity contribution is 1.33. The van der Waals surface area contributed by atoms with Gasteiger partial charge in [-0.15, -0.1) is 0 Å². The zero-order chi connectivity index (χ0) is 9.26. The van der Waals surface area contributed by atoms with Crippen molar-refractivity contribution in [1.82, 2.24) is 4.98 Å². The number of fused-ring (bicyclic) bond motifs is 1. The molecule has 2 aromatic rings. The summed E-state index contributed by atoms with van der Waals surface area (Å²) in [6, 6.07) is 7.30. The van der Waals surface area contributed by atoms with Crippen LogP contribution in [-0.4, -0.2) is 4.98 Å². The van der Waals surface area contributed by atoms with Crippen LogP contribution >= 0.6 is 11.6 Å². The van der Waals surface area contributed by atoms with Crippen LogP contribution in [-0.2, 0) is 0 Å². The Balaban J connectivity index is 2.79. The quantitative estimate of drug-likeness (QED) is 0.539. The number of rotatable bonds is 1. The molecule has 0 amide bonds. The van der Waals surface area contributed by atoms with Crippen molar-refractivity contribution in [3.05, 3.63) is 35.5 Å². The van der Waals surface area contributed by atoms with Gasteiger partial charge in [-0.1, -0.05) is 11.6 Å². The molecule has 2 rings (SSSR count). The molecule has 0 unspecified atom stereocenters. The number of nitrogen functional groups attached to an aromatic ring is 1. The Morgan fingerprint density at radius 2 is 2.15 bits per heavy atom. The third-order valence-electron chi connectivity index (χ3n) is 1.86. The zero-order valence-electron chi connectivity index (χ0n) is 6.79. The summed E-state index contributed by atoms with van der Waals surface area (Å²) >= 11 is 5.85. The van der Waals surface area contributed by atoms with Gasteiger partial charge in [0, 0.05) is 16.6 Å². The largest absolute Gasteiger partial charge is 0.323 e. The summed E-state index contributed by atoms with van der Waals surface area (Å²) in [6.07, 6.45) is 1.70. The minimum Gasteiger partial charge on any atom is -0.323 e. The van der Waals surface area contributed by atoms with Crippen LogP contribution in [0.4, 0.5) is 5.69 Å². The first-order chi connectivity index (χ1) is 6.31. The minimum absolute atomic E-state index is 0.678. The first-order valence-electron chi connectivity index (χ1n) is 3.82. The molecule has 1 heterocycles. The Labute approximate surface area is 80.5 Å². The van der Waals surface area contributed by atoms with Crippen molar-refractivity contribution in [3.8, 4) is 0 Å². The molecule has 0 aliphatic rings. The Kier molecular flexibility index (Phi) is 2.04. The first kappa shape index (κ1) is 8.29. The monoisotopic (exact) mass is 193 g/mol. The number of pyridine rings is 1. The van der Waals surface area contributed by atoms with Crippen molar-refractivity contribution in [2.24, 2.45) is 5.84 Å². The number of benzene rings is 1. The average molecular weight is 194 g/mol. The normalized spacial score (nSPS) is 10.3. The molecule has 0 saturated heterocycles. The average Bonchev–Trinajstić information content (AvgIpc) is 2.17. The molecule has 0 saturated carbocycles. The third kappa shape index (κ3) is 1.43. The summed E-state index contributed by atoms with van der Waals surface area (Å²) in [5.41, 5.74) is 4.30. The number of aromatic nitrogens is 1. The maximum atomic E-state index is 5.85. The maximum absolute atomic E-state index is 5.85. The van der Waals surface area contributed by atoms with Crippen molar-refractivity contribution in [2.75, 3.05) is 5.43 Å². The van der Waals surface area contributed by atoms with Crippen molar-refractivity contribution in [1.29, 1.82) is 0 Å². The Hall–Kier alpha value is -1.32. The van der Waals surface area contributed by atoms with Gasteiger partial charge in [0.25, 0.3) is 0 Å². The van der Waals surface area contributed by atoms with Crippen LogP contribution in [0.25, 0.3) is 10.9 Å². The second kappa shape index (κ2) is 3.20.